The van der Waals surface area contributed by atoms with Crippen LogP contribution in [0.4, 0.5) is 10.5 Å². The maximum absolute atomic E-state index is 12.6. The van der Waals surface area contributed by atoms with E-state index in [-0.39, 0.29) is 17.5 Å². The van der Waals surface area contributed by atoms with Crippen LogP contribution in [0, 0.1) is 5.41 Å². The summed E-state index contributed by atoms with van der Waals surface area (Å²) in [5.41, 5.74) is 5.73. The van der Waals surface area contributed by atoms with Gasteiger partial charge in [0.25, 0.3) is 0 Å². The highest BCUT2D eigenvalue weighted by atomic mass is 35.5. The Morgan fingerprint density at radius 1 is 0.870 bits per heavy atom. The third kappa shape index (κ3) is 9.05. The molecule has 1 aliphatic carbocycles. The summed E-state index contributed by atoms with van der Waals surface area (Å²) < 4.78 is 10.8. The molecule has 0 saturated carbocycles. The van der Waals surface area contributed by atoms with E-state index in [4.69, 9.17) is 21.1 Å². The molecule has 2 aliphatic heterocycles. The van der Waals surface area contributed by atoms with Gasteiger partial charge in [0.05, 0.1) is 12.2 Å². The number of piperazine rings is 2. The number of ether oxygens (including phenoxy) is 2. The summed E-state index contributed by atoms with van der Waals surface area (Å²) in [6.45, 7) is 19.4. The van der Waals surface area contributed by atoms with Crippen LogP contribution in [0.25, 0.3) is 5.57 Å². The van der Waals surface area contributed by atoms with E-state index in [0.717, 1.165) is 82.3 Å². The van der Waals surface area contributed by atoms with E-state index in [0.29, 0.717) is 25.3 Å². The van der Waals surface area contributed by atoms with E-state index in [1.54, 1.807) is 0 Å². The Kier molecular flexibility index (Phi) is 11.0. The number of carbonyl (C=O) groups excluding carboxylic acids is 2. The first-order valence-corrected chi connectivity index (χ1v) is 17.2. The number of hydrogen-bond acceptors (Lipinski definition) is 7. The molecule has 9 heteroatoms. The number of esters is 1. The molecule has 0 spiro atoms. The van der Waals surface area contributed by atoms with Crippen molar-refractivity contribution < 1.29 is 19.1 Å². The zero-order valence-corrected chi connectivity index (χ0v) is 29.1. The molecule has 46 heavy (non-hydrogen) atoms. The normalized spacial score (nSPS) is 21.8. The van der Waals surface area contributed by atoms with Gasteiger partial charge in [-0.1, -0.05) is 36.2 Å². The second-order valence-corrected chi connectivity index (χ2v) is 14.8. The summed E-state index contributed by atoms with van der Waals surface area (Å²) in [4.78, 5) is 34.1. The van der Waals surface area contributed by atoms with Gasteiger partial charge >= 0.3 is 12.1 Å². The van der Waals surface area contributed by atoms with Gasteiger partial charge in [-0.3, -0.25) is 9.80 Å². The fraction of sp³-hybridized carbons (Fsp3) is 0.568. The van der Waals surface area contributed by atoms with Crippen molar-refractivity contribution in [3.8, 4) is 0 Å². The van der Waals surface area contributed by atoms with E-state index >= 15 is 0 Å². The molecule has 0 N–H and O–H groups in total. The van der Waals surface area contributed by atoms with Gasteiger partial charge in [0.2, 0.25) is 0 Å². The van der Waals surface area contributed by atoms with Crippen molar-refractivity contribution in [1.82, 2.24) is 14.7 Å². The molecule has 1 amide bonds. The summed E-state index contributed by atoms with van der Waals surface area (Å²) in [7, 11) is 0. The number of hydrogen-bond donors (Lipinski definition) is 0. The molecule has 2 aromatic carbocycles. The number of anilines is 1. The van der Waals surface area contributed by atoms with Crippen molar-refractivity contribution in [3.05, 3.63) is 70.3 Å². The predicted molar refractivity (Wildman–Crippen MR) is 186 cm³/mol. The molecule has 2 heterocycles. The lowest BCUT2D eigenvalue weighted by Gasteiger charge is -2.44. The van der Waals surface area contributed by atoms with Crippen LogP contribution in [0.1, 0.15) is 69.8 Å². The van der Waals surface area contributed by atoms with Crippen LogP contribution >= 0.6 is 11.6 Å². The van der Waals surface area contributed by atoms with Crippen LogP contribution in [-0.2, 0) is 9.47 Å². The lowest BCUT2D eigenvalue weighted by molar-refractivity contribution is 0.0104. The third-order valence-corrected chi connectivity index (χ3v) is 9.65. The average molecular weight is 651 g/mol. The average Bonchev–Trinajstić information content (AvgIpc) is 3.02. The molecular formula is C37H51ClN4O4. The van der Waals surface area contributed by atoms with Gasteiger partial charge in [-0.25, -0.2) is 9.59 Å². The Hall–Kier alpha value is -3.07. The first-order valence-electron chi connectivity index (χ1n) is 16.8. The number of allylic oxidation sites excluding steroid dienone is 1. The first kappa shape index (κ1) is 34.3. The van der Waals surface area contributed by atoms with Gasteiger partial charge in [-0.05, 0) is 99.9 Å². The Morgan fingerprint density at radius 2 is 1.50 bits per heavy atom. The van der Waals surface area contributed by atoms with Crippen molar-refractivity contribution in [2.75, 3.05) is 77.0 Å². The third-order valence-electron chi connectivity index (χ3n) is 9.40. The minimum Gasteiger partial charge on any atom is -0.462 e. The minimum absolute atomic E-state index is 0.168. The van der Waals surface area contributed by atoms with Crippen molar-refractivity contribution >= 4 is 34.9 Å². The van der Waals surface area contributed by atoms with Crippen molar-refractivity contribution in [3.63, 3.8) is 0 Å². The second kappa shape index (κ2) is 14.8. The molecular weight excluding hydrogens is 600 g/mol. The minimum atomic E-state index is -0.474. The van der Waals surface area contributed by atoms with Gasteiger partial charge in [-0.2, -0.15) is 0 Å². The van der Waals surface area contributed by atoms with Gasteiger partial charge in [-0.15, -0.1) is 0 Å². The van der Waals surface area contributed by atoms with Crippen molar-refractivity contribution in [1.29, 1.82) is 0 Å². The number of carbonyl (C=O) groups is 2. The zero-order valence-electron chi connectivity index (χ0n) is 28.3. The lowest BCUT2D eigenvalue weighted by Crippen LogP contribution is -2.52. The standard InChI is InChI=1S/C37H51ClN4O4/c1-6-45-34(43)29-9-13-32(14-10-29)41-21-17-39(18-22-41)26-30-25-37(5,16-15-33(30)28-7-11-31(38)12-8-28)27-40-19-23-42(24-20-40)35(44)46-36(2,3)4/h7-14H,6,15-27H2,1-5H3. The SMILES string of the molecule is CCOC(=O)c1ccc(N2CCN(CC3=C(c4ccc(Cl)cc4)CCC(C)(CN4CCN(C(=O)OC(C)(C)C)CC4)C3)CC2)cc1. The smallest absolute Gasteiger partial charge is 0.410 e. The van der Waals surface area contributed by atoms with Crippen molar-refractivity contribution in [2.45, 2.75) is 59.5 Å². The highest BCUT2D eigenvalue weighted by Gasteiger charge is 2.36. The summed E-state index contributed by atoms with van der Waals surface area (Å²) >= 11 is 6.27. The molecule has 250 valence electrons. The Bertz CT molecular complexity index is 1370. The molecule has 2 fully saturated rings. The van der Waals surface area contributed by atoms with Gasteiger partial charge in [0.1, 0.15) is 5.60 Å². The molecule has 0 bridgehead atoms. The van der Waals surface area contributed by atoms with E-state index in [1.807, 2.05) is 69.0 Å². The fourth-order valence-corrected chi connectivity index (χ4v) is 7.14. The molecule has 2 saturated heterocycles. The first-order chi connectivity index (χ1) is 21.9. The molecule has 2 aromatic rings. The quantitative estimate of drug-likeness (QED) is 0.290. The number of halogens is 1. The van der Waals surface area contributed by atoms with Gasteiger partial charge in [0, 0.05) is 76.2 Å². The van der Waals surface area contributed by atoms with Crippen LogP contribution in [0.15, 0.2) is 54.1 Å². The summed E-state index contributed by atoms with van der Waals surface area (Å²) in [6.07, 6.45) is 3.05. The highest BCUT2D eigenvalue weighted by molar-refractivity contribution is 6.30. The van der Waals surface area contributed by atoms with Crippen molar-refractivity contribution in [2.24, 2.45) is 5.41 Å². The van der Waals surface area contributed by atoms with E-state index in [9.17, 15) is 9.59 Å². The maximum Gasteiger partial charge on any atom is 0.410 e. The second-order valence-electron chi connectivity index (χ2n) is 14.4. The Labute approximate surface area is 280 Å². The molecule has 0 aromatic heterocycles. The number of rotatable bonds is 8. The summed E-state index contributed by atoms with van der Waals surface area (Å²) in [5, 5.41) is 0.767. The Balaban J connectivity index is 1.22. The topological polar surface area (TPSA) is 65.6 Å². The molecule has 1 unspecified atom stereocenters. The zero-order chi connectivity index (χ0) is 32.9. The largest absolute Gasteiger partial charge is 0.462 e. The fourth-order valence-electron chi connectivity index (χ4n) is 7.01. The van der Waals surface area contributed by atoms with Crippen LogP contribution in [0.2, 0.25) is 5.02 Å². The molecule has 0 radical (unpaired) electrons. The molecule has 5 rings (SSSR count). The molecule has 1 atom stereocenters. The summed E-state index contributed by atoms with van der Waals surface area (Å²) in [5.74, 6) is -0.272. The van der Waals surface area contributed by atoms with Gasteiger partial charge < -0.3 is 19.3 Å². The van der Waals surface area contributed by atoms with Crippen LogP contribution < -0.4 is 4.90 Å². The van der Waals surface area contributed by atoms with Crippen LogP contribution in [-0.4, -0.2) is 104 Å². The lowest BCUT2D eigenvalue weighted by atomic mass is 9.71. The predicted octanol–water partition coefficient (Wildman–Crippen LogP) is 6.84. The van der Waals surface area contributed by atoms with Crippen LogP contribution in [0.5, 0.6) is 0 Å². The summed E-state index contributed by atoms with van der Waals surface area (Å²) in [6, 6.07) is 16.2. The maximum atomic E-state index is 12.6. The monoisotopic (exact) mass is 650 g/mol. The van der Waals surface area contributed by atoms with E-state index < -0.39 is 5.60 Å². The van der Waals surface area contributed by atoms with Crippen LogP contribution in [0.3, 0.4) is 0 Å². The molecule has 8 nitrogen and oxygen atoms in total. The van der Waals surface area contributed by atoms with E-state index in [2.05, 4.69) is 33.8 Å². The number of benzene rings is 2. The number of amides is 1. The number of nitrogens with zero attached hydrogens (tertiary/aromatic N) is 4. The highest BCUT2D eigenvalue weighted by Crippen LogP contribution is 2.44. The Morgan fingerprint density at radius 3 is 2.11 bits per heavy atom. The van der Waals surface area contributed by atoms with Gasteiger partial charge in [0.15, 0.2) is 0 Å². The van der Waals surface area contributed by atoms with E-state index in [1.165, 1.54) is 16.7 Å². The molecule has 3 aliphatic rings.